The molecule has 3 aromatic rings. The molecular formula is C41H48N8O6S. The normalized spacial score (nSPS) is 22.4. The summed E-state index contributed by atoms with van der Waals surface area (Å²) in [7, 11) is 0. The molecule has 14 nitrogen and oxygen atoms in total. The van der Waals surface area contributed by atoms with E-state index in [1.54, 1.807) is 21.6 Å². The molecule has 1 aromatic heterocycles. The van der Waals surface area contributed by atoms with Crippen molar-refractivity contribution in [2.45, 2.75) is 99.9 Å². The lowest BCUT2D eigenvalue weighted by atomic mass is 10.0. The molecule has 5 heterocycles. The molecule has 2 atom stereocenters. The Morgan fingerprint density at radius 2 is 1.68 bits per heavy atom. The first kappa shape index (κ1) is 37.9. The van der Waals surface area contributed by atoms with Gasteiger partial charge in [-0.05, 0) is 74.1 Å². The average Bonchev–Trinajstić information content (AvgIpc) is 3.86. The van der Waals surface area contributed by atoms with Crippen molar-refractivity contribution < 1.29 is 23.7 Å². The van der Waals surface area contributed by atoms with E-state index < -0.39 is 23.3 Å². The fraction of sp³-hybridized carbons (Fsp3) is 0.463. The van der Waals surface area contributed by atoms with Crippen molar-refractivity contribution in [3.05, 3.63) is 81.6 Å². The topological polar surface area (TPSA) is 178 Å². The molecule has 294 valence electrons. The number of nitrogens with zero attached hydrogens (tertiary/aromatic N) is 6. The number of ether oxygens (including phenoxy) is 1. The summed E-state index contributed by atoms with van der Waals surface area (Å²) in [6, 6.07) is 16.4. The highest BCUT2D eigenvalue weighted by molar-refractivity contribution is 7.89. The minimum absolute atomic E-state index is 0.0103. The number of carbonyl (C=O) groups excluding carboxylic acids is 3. The van der Waals surface area contributed by atoms with Gasteiger partial charge in [-0.15, -0.1) is 4.31 Å². The number of carbonyl (C=O) groups is 3. The molecule has 5 aliphatic rings. The van der Waals surface area contributed by atoms with Crippen LogP contribution in [0, 0.1) is 0 Å². The molecule has 2 unspecified atom stereocenters. The summed E-state index contributed by atoms with van der Waals surface area (Å²) < 4.78 is 23.9. The number of piperidine rings is 3. The van der Waals surface area contributed by atoms with Gasteiger partial charge >= 0.3 is 0 Å². The first-order chi connectivity index (χ1) is 27.2. The van der Waals surface area contributed by atoms with Gasteiger partial charge in [-0.1, -0.05) is 18.9 Å². The number of pyridine rings is 1. The van der Waals surface area contributed by atoms with E-state index in [0.717, 1.165) is 81.3 Å². The standard InChI is InChI=1S/C41H48N8O6S/c42-26-44-39-27(8-13-38(51)49(39)30-4-1-2-5-30)24-43-29-14-20-47(21-15-29)56(54)34-7-3-6-33(23-34)55-32-16-18-46(19-17-32)31-9-10-35-28(22-31)25-48(41(35)53)36-11-12-37(50)45-40(36)52/h3,6-10,13,22-24,26,29-30,32,36H,1-2,4-5,11-12,14-21,25H2,(H2,42,44)(H,45,50,52). The van der Waals surface area contributed by atoms with E-state index in [0.29, 0.717) is 48.1 Å². The third-order valence-electron chi connectivity index (χ3n) is 11.7. The van der Waals surface area contributed by atoms with Crippen LogP contribution in [-0.4, -0.2) is 93.0 Å². The molecule has 15 heteroatoms. The fourth-order valence-corrected chi connectivity index (χ4v) is 9.97. The number of benzene rings is 2. The Morgan fingerprint density at radius 3 is 2.43 bits per heavy atom. The van der Waals surface area contributed by atoms with Gasteiger partial charge in [0.15, 0.2) is 4.90 Å². The predicted octanol–water partition coefficient (Wildman–Crippen LogP) is 4.00. The molecule has 56 heavy (non-hydrogen) atoms. The predicted molar refractivity (Wildman–Crippen MR) is 214 cm³/mol. The average molecular weight is 781 g/mol. The second-order valence-corrected chi connectivity index (χ2v) is 16.7. The smallest absolute Gasteiger partial charge is 0.255 e. The van der Waals surface area contributed by atoms with Crippen molar-refractivity contribution >= 4 is 53.1 Å². The summed E-state index contributed by atoms with van der Waals surface area (Å²) >= 11 is -1.34. The first-order valence-corrected chi connectivity index (χ1v) is 20.9. The number of hydrogen-bond acceptors (Lipinski definition) is 10. The zero-order valence-electron chi connectivity index (χ0n) is 31.4. The number of fused-ring (bicyclic) bond motifs is 1. The van der Waals surface area contributed by atoms with Gasteiger partial charge in [0.05, 0.1) is 23.7 Å². The van der Waals surface area contributed by atoms with Crippen molar-refractivity contribution in [2.24, 2.45) is 15.7 Å². The third-order valence-corrected chi connectivity index (χ3v) is 13.2. The highest BCUT2D eigenvalue weighted by Gasteiger charge is 2.39. The second kappa shape index (κ2) is 16.6. The van der Waals surface area contributed by atoms with Crippen LogP contribution in [0.5, 0.6) is 5.75 Å². The number of imide groups is 1. The number of rotatable bonds is 10. The minimum Gasteiger partial charge on any atom is -0.593 e. The SMILES string of the molecule is NC=Nc1c(C=NC2CCN([S+]([O-])c3cccc(OC4CCN(c5ccc6c(c5)CN(C5CCC(=O)NC5=O)C6=O)CC4)c3)CC2)ccc(=O)n1C1CCCC1. The molecule has 3 amide bonds. The van der Waals surface area contributed by atoms with Crippen LogP contribution in [0.4, 0.5) is 11.5 Å². The second-order valence-electron chi connectivity index (χ2n) is 15.2. The fourth-order valence-electron chi connectivity index (χ4n) is 8.71. The zero-order chi connectivity index (χ0) is 38.8. The van der Waals surface area contributed by atoms with Crippen molar-refractivity contribution in [3.63, 3.8) is 0 Å². The summed E-state index contributed by atoms with van der Waals surface area (Å²) in [4.78, 5) is 63.8. The van der Waals surface area contributed by atoms with Crippen LogP contribution in [-0.2, 0) is 27.5 Å². The summed E-state index contributed by atoms with van der Waals surface area (Å²) in [5.74, 6) is 0.384. The highest BCUT2D eigenvalue weighted by Crippen LogP contribution is 2.34. The summed E-state index contributed by atoms with van der Waals surface area (Å²) in [5.41, 5.74) is 8.91. The molecular weight excluding hydrogens is 733 g/mol. The quantitative estimate of drug-likeness (QED) is 0.133. The summed E-state index contributed by atoms with van der Waals surface area (Å²) in [6.45, 7) is 3.19. The van der Waals surface area contributed by atoms with Crippen LogP contribution >= 0.6 is 0 Å². The molecule has 2 aromatic carbocycles. The number of nitrogens with two attached hydrogens (primary N) is 1. The molecule has 3 saturated heterocycles. The summed E-state index contributed by atoms with van der Waals surface area (Å²) in [5, 5.41) is 2.36. The van der Waals surface area contributed by atoms with Gasteiger partial charge < -0.3 is 24.8 Å². The van der Waals surface area contributed by atoms with Gasteiger partial charge in [0.25, 0.3) is 11.5 Å². The molecule has 1 aliphatic carbocycles. The van der Waals surface area contributed by atoms with E-state index in [2.05, 4.69) is 15.2 Å². The number of hydrogen-bond donors (Lipinski definition) is 2. The van der Waals surface area contributed by atoms with Crippen LogP contribution in [0.15, 0.2) is 74.3 Å². The molecule has 4 aliphatic heterocycles. The van der Waals surface area contributed by atoms with Crippen molar-refractivity contribution in [1.82, 2.24) is 19.1 Å². The van der Waals surface area contributed by atoms with Crippen molar-refractivity contribution in [1.29, 1.82) is 0 Å². The van der Waals surface area contributed by atoms with Gasteiger partial charge in [-0.2, -0.15) is 0 Å². The number of aliphatic imine (C=N–C) groups is 2. The van der Waals surface area contributed by atoms with Gasteiger partial charge in [0.1, 0.15) is 23.7 Å². The Labute approximate surface area is 329 Å². The van der Waals surface area contributed by atoms with Crippen LogP contribution in [0.2, 0.25) is 0 Å². The van der Waals surface area contributed by atoms with Crippen LogP contribution in [0.25, 0.3) is 0 Å². The van der Waals surface area contributed by atoms with E-state index in [1.165, 1.54) is 6.34 Å². The van der Waals surface area contributed by atoms with Crippen molar-refractivity contribution in [3.8, 4) is 5.75 Å². The molecule has 1 saturated carbocycles. The van der Waals surface area contributed by atoms with E-state index in [4.69, 9.17) is 15.5 Å². The van der Waals surface area contributed by atoms with Gasteiger partial charge in [0.2, 0.25) is 11.8 Å². The maximum atomic E-state index is 13.7. The zero-order valence-corrected chi connectivity index (χ0v) is 32.2. The van der Waals surface area contributed by atoms with Gasteiger partial charge in [-0.3, -0.25) is 34.1 Å². The van der Waals surface area contributed by atoms with E-state index in [9.17, 15) is 23.7 Å². The molecule has 8 rings (SSSR count). The maximum absolute atomic E-state index is 13.7. The molecule has 0 bridgehead atoms. The Kier molecular flexibility index (Phi) is 11.3. The minimum atomic E-state index is -1.34. The molecule has 0 radical (unpaired) electrons. The first-order valence-electron chi connectivity index (χ1n) is 19.7. The monoisotopic (exact) mass is 780 g/mol. The molecule has 3 N–H and O–H groups in total. The number of aromatic nitrogens is 1. The largest absolute Gasteiger partial charge is 0.593 e. The van der Waals surface area contributed by atoms with E-state index >= 15 is 0 Å². The lowest BCUT2D eigenvalue weighted by Gasteiger charge is -2.34. The lowest BCUT2D eigenvalue weighted by Crippen LogP contribution is -2.52. The van der Waals surface area contributed by atoms with Gasteiger partial charge in [-0.25, -0.2) is 4.99 Å². The Balaban J connectivity index is 0.828. The van der Waals surface area contributed by atoms with Crippen LogP contribution in [0.3, 0.4) is 0 Å². The maximum Gasteiger partial charge on any atom is 0.255 e. The molecule has 4 fully saturated rings. The number of anilines is 1. The van der Waals surface area contributed by atoms with E-state index in [-0.39, 0.29) is 42.0 Å². The number of nitrogens with one attached hydrogen (secondary N) is 1. The summed E-state index contributed by atoms with van der Waals surface area (Å²) in [6.07, 6.45) is 10.9. The van der Waals surface area contributed by atoms with Crippen LogP contribution in [0.1, 0.15) is 91.7 Å². The Hall–Kier alpha value is -4.99. The Morgan fingerprint density at radius 1 is 0.893 bits per heavy atom. The van der Waals surface area contributed by atoms with E-state index in [1.807, 2.05) is 53.0 Å². The van der Waals surface area contributed by atoms with Gasteiger partial charge in [0, 0.05) is 93.2 Å². The highest BCUT2D eigenvalue weighted by atomic mass is 32.2. The Bertz CT molecular complexity index is 2080. The van der Waals surface area contributed by atoms with Crippen LogP contribution < -0.4 is 26.2 Å². The number of amides is 3. The lowest BCUT2D eigenvalue weighted by molar-refractivity contribution is -0.136. The molecule has 0 spiro atoms. The van der Waals surface area contributed by atoms with Crippen molar-refractivity contribution in [2.75, 3.05) is 31.1 Å². The third kappa shape index (κ3) is 7.98.